The molecule has 0 bridgehead atoms. The highest BCUT2D eigenvalue weighted by atomic mass is 79.9. The number of carbonyl (C=O) groups excluding carboxylic acids is 1. The van der Waals surface area contributed by atoms with Crippen LogP contribution < -0.4 is 5.32 Å². The molecule has 0 aliphatic carbocycles. The lowest BCUT2D eigenvalue weighted by Crippen LogP contribution is -2.10. The molecular weight excluding hydrogens is 301 g/mol. The fraction of sp³-hybridized carbons (Fsp3) is 0.100. The van der Waals surface area contributed by atoms with E-state index < -0.39 is 0 Å². The molecule has 0 unspecified atom stereocenters. The van der Waals surface area contributed by atoms with Gasteiger partial charge in [-0.1, -0.05) is 29.3 Å². The van der Waals surface area contributed by atoms with Gasteiger partial charge >= 0.3 is 0 Å². The number of anilines is 1. The van der Waals surface area contributed by atoms with Gasteiger partial charge in [-0.15, -0.1) is 0 Å². The van der Waals surface area contributed by atoms with E-state index in [2.05, 4.69) is 21.2 Å². The van der Waals surface area contributed by atoms with Crippen LogP contribution in [0.15, 0.2) is 28.8 Å². The number of benzene rings is 1. The second-order valence-corrected chi connectivity index (χ2v) is 4.39. The molecule has 0 atom stereocenters. The van der Waals surface area contributed by atoms with Gasteiger partial charge in [-0.3, -0.25) is 4.79 Å². The molecule has 5 heteroatoms. The van der Waals surface area contributed by atoms with Crippen LogP contribution in [0.2, 0.25) is 10.0 Å². The van der Waals surface area contributed by atoms with Crippen molar-refractivity contribution in [3.05, 3.63) is 38.8 Å². The first-order chi connectivity index (χ1) is 7.04. The molecule has 15 heavy (non-hydrogen) atoms. The van der Waals surface area contributed by atoms with Crippen LogP contribution >= 0.6 is 39.1 Å². The molecule has 1 aromatic carbocycles. The molecule has 0 aliphatic heterocycles. The summed E-state index contributed by atoms with van der Waals surface area (Å²) in [6.07, 6.45) is 1.66. The first kappa shape index (κ1) is 12.6. The lowest BCUT2D eigenvalue weighted by Gasteiger charge is -2.05. The van der Waals surface area contributed by atoms with Crippen LogP contribution in [0.25, 0.3) is 0 Å². The molecule has 0 heterocycles. The van der Waals surface area contributed by atoms with Gasteiger partial charge in [0.1, 0.15) is 0 Å². The van der Waals surface area contributed by atoms with Gasteiger partial charge in [0.2, 0.25) is 0 Å². The van der Waals surface area contributed by atoms with Crippen molar-refractivity contribution in [3.63, 3.8) is 0 Å². The first-order valence-electron chi connectivity index (χ1n) is 4.13. The predicted molar refractivity (Wildman–Crippen MR) is 67.8 cm³/mol. The van der Waals surface area contributed by atoms with Gasteiger partial charge in [0.15, 0.2) is 0 Å². The molecule has 80 valence electrons. The van der Waals surface area contributed by atoms with Gasteiger partial charge in [0.05, 0.1) is 14.5 Å². The molecular formula is C10H8BrCl2NO. The predicted octanol–water partition coefficient (Wildman–Crippen LogP) is 4.23. The standard InChI is InChI=1S/C10H8BrCl2NO/c1-2-7(11)10(15)14-6-3-4-8(12)9(13)5-6/h2-5H,1H3,(H,14,15). The average Bonchev–Trinajstić information content (AvgIpc) is 2.22. The molecule has 0 saturated heterocycles. The Hall–Kier alpha value is -0.510. The van der Waals surface area contributed by atoms with Crippen molar-refractivity contribution in [2.45, 2.75) is 6.92 Å². The smallest absolute Gasteiger partial charge is 0.262 e. The number of hydrogen-bond acceptors (Lipinski definition) is 1. The van der Waals surface area contributed by atoms with Gasteiger partial charge in [0.25, 0.3) is 5.91 Å². The van der Waals surface area contributed by atoms with Crippen molar-refractivity contribution in [2.75, 3.05) is 5.32 Å². The van der Waals surface area contributed by atoms with Gasteiger partial charge in [-0.05, 0) is 41.1 Å². The van der Waals surface area contributed by atoms with Crippen molar-refractivity contribution in [1.29, 1.82) is 0 Å². The second-order valence-electron chi connectivity index (χ2n) is 2.72. The normalized spacial score (nSPS) is 11.3. The van der Waals surface area contributed by atoms with E-state index in [1.165, 1.54) is 0 Å². The van der Waals surface area contributed by atoms with E-state index in [9.17, 15) is 4.79 Å². The highest BCUT2D eigenvalue weighted by Gasteiger charge is 2.06. The monoisotopic (exact) mass is 307 g/mol. The Morgan fingerprint density at radius 3 is 2.60 bits per heavy atom. The van der Waals surface area contributed by atoms with Gasteiger partial charge in [0, 0.05) is 5.69 Å². The van der Waals surface area contributed by atoms with E-state index in [1.54, 1.807) is 31.2 Å². The van der Waals surface area contributed by atoms with E-state index in [1.807, 2.05) is 0 Å². The topological polar surface area (TPSA) is 29.1 Å². The summed E-state index contributed by atoms with van der Waals surface area (Å²) in [6, 6.07) is 4.91. The summed E-state index contributed by atoms with van der Waals surface area (Å²) in [5.74, 6) is -0.226. The van der Waals surface area contributed by atoms with E-state index in [0.29, 0.717) is 20.2 Å². The van der Waals surface area contributed by atoms with E-state index in [0.717, 1.165) is 0 Å². The van der Waals surface area contributed by atoms with Crippen LogP contribution in [0.5, 0.6) is 0 Å². The van der Waals surface area contributed by atoms with Crippen molar-refractivity contribution >= 4 is 50.7 Å². The summed E-state index contributed by atoms with van der Waals surface area (Å²) in [5.41, 5.74) is 0.605. The summed E-state index contributed by atoms with van der Waals surface area (Å²) >= 11 is 14.7. The summed E-state index contributed by atoms with van der Waals surface area (Å²) < 4.78 is 0.466. The zero-order valence-corrected chi connectivity index (χ0v) is 10.9. The van der Waals surface area contributed by atoms with Crippen molar-refractivity contribution in [3.8, 4) is 0 Å². The van der Waals surface area contributed by atoms with Gasteiger partial charge in [-0.25, -0.2) is 0 Å². The molecule has 1 rings (SSSR count). The van der Waals surface area contributed by atoms with E-state index in [4.69, 9.17) is 23.2 Å². The number of carbonyl (C=O) groups is 1. The third-order valence-corrected chi connectivity index (χ3v) is 3.20. The van der Waals surface area contributed by atoms with E-state index in [-0.39, 0.29) is 5.91 Å². The number of rotatable bonds is 2. The lowest BCUT2D eigenvalue weighted by atomic mass is 10.3. The average molecular weight is 309 g/mol. The maximum Gasteiger partial charge on any atom is 0.262 e. The Balaban J connectivity index is 2.82. The molecule has 1 N–H and O–H groups in total. The molecule has 1 aromatic rings. The minimum Gasteiger partial charge on any atom is -0.321 e. The molecule has 2 nitrogen and oxygen atoms in total. The van der Waals surface area contributed by atoms with Crippen molar-refractivity contribution < 1.29 is 4.79 Å². The fourth-order valence-electron chi connectivity index (χ4n) is 0.896. The van der Waals surface area contributed by atoms with Crippen LogP contribution in [0.3, 0.4) is 0 Å². The Labute approximate surface area is 106 Å². The number of allylic oxidation sites excluding steroid dienone is 1. The van der Waals surface area contributed by atoms with Crippen molar-refractivity contribution in [1.82, 2.24) is 0 Å². The Morgan fingerprint density at radius 2 is 2.07 bits per heavy atom. The maximum atomic E-state index is 11.4. The molecule has 0 fully saturated rings. The minimum atomic E-state index is -0.226. The van der Waals surface area contributed by atoms with Gasteiger partial charge in [-0.2, -0.15) is 0 Å². The summed E-state index contributed by atoms with van der Waals surface area (Å²) in [7, 11) is 0. The molecule has 0 spiro atoms. The highest BCUT2D eigenvalue weighted by Crippen LogP contribution is 2.25. The van der Waals surface area contributed by atoms with Gasteiger partial charge < -0.3 is 5.32 Å². The zero-order valence-electron chi connectivity index (χ0n) is 7.85. The second kappa shape index (κ2) is 5.54. The van der Waals surface area contributed by atoms with Crippen LogP contribution in [0.4, 0.5) is 5.69 Å². The largest absolute Gasteiger partial charge is 0.321 e. The zero-order chi connectivity index (χ0) is 11.4. The number of halogens is 3. The fourth-order valence-corrected chi connectivity index (χ4v) is 1.29. The highest BCUT2D eigenvalue weighted by molar-refractivity contribution is 9.12. The summed E-state index contributed by atoms with van der Waals surface area (Å²) in [6.45, 7) is 1.76. The van der Waals surface area contributed by atoms with Crippen LogP contribution in [0.1, 0.15) is 6.92 Å². The van der Waals surface area contributed by atoms with Crippen LogP contribution in [-0.4, -0.2) is 5.91 Å². The third kappa shape index (κ3) is 3.52. The first-order valence-corrected chi connectivity index (χ1v) is 5.67. The van der Waals surface area contributed by atoms with Crippen LogP contribution in [0, 0.1) is 0 Å². The lowest BCUT2D eigenvalue weighted by molar-refractivity contribution is -0.112. The molecule has 1 amide bonds. The molecule has 0 aromatic heterocycles. The number of amides is 1. The summed E-state index contributed by atoms with van der Waals surface area (Å²) in [4.78, 5) is 11.4. The third-order valence-electron chi connectivity index (χ3n) is 1.65. The Morgan fingerprint density at radius 1 is 1.40 bits per heavy atom. The van der Waals surface area contributed by atoms with Crippen molar-refractivity contribution in [2.24, 2.45) is 0 Å². The molecule has 0 radical (unpaired) electrons. The van der Waals surface area contributed by atoms with E-state index >= 15 is 0 Å². The minimum absolute atomic E-state index is 0.226. The maximum absolute atomic E-state index is 11.4. The SMILES string of the molecule is CC=C(Br)C(=O)Nc1ccc(Cl)c(Cl)c1. The summed E-state index contributed by atoms with van der Waals surface area (Å²) in [5, 5.41) is 3.53. The molecule has 0 saturated carbocycles. The van der Waals surface area contributed by atoms with Crippen LogP contribution in [-0.2, 0) is 4.79 Å². The Kier molecular flexibility index (Phi) is 4.64. The number of nitrogens with one attached hydrogen (secondary N) is 1. The molecule has 0 aliphatic rings. The quantitative estimate of drug-likeness (QED) is 0.814. The Bertz CT molecular complexity index is 418. The number of hydrogen-bond donors (Lipinski definition) is 1.